The summed E-state index contributed by atoms with van der Waals surface area (Å²) in [5, 5.41) is 11.2. The summed E-state index contributed by atoms with van der Waals surface area (Å²) >= 11 is 0. The fourth-order valence-electron chi connectivity index (χ4n) is 3.08. The molecule has 0 saturated carbocycles. The standard InChI is InChI=1S/C21H15N3O2/c1-3-13-5-7-18-16(9-13)17-10-14(4-2)6-8-19(17)24(18)21-22-11-15(12-23-21)20(25)26/h3-12H,1-2H2,(H,25,26). The Hall–Kier alpha value is -3.73. The lowest BCUT2D eigenvalue weighted by Crippen LogP contribution is -2.04. The second-order valence-electron chi connectivity index (χ2n) is 5.87. The van der Waals surface area contributed by atoms with Crippen LogP contribution in [0.25, 0.3) is 39.9 Å². The van der Waals surface area contributed by atoms with Gasteiger partial charge in [-0.15, -0.1) is 0 Å². The summed E-state index contributed by atoms with van der Waals surface area (Å²) in [6, 6.07) is 12.1. The van der Waals surface area contributed by atoms with E-state index in [1.807, 2.05) is 28.8 Å². The minimum atomic E-state index is -1.05. The van der Waals surface area contributed by atoms with Crippen molar-refractivity contribution in [1.82, 2.24) is 14.5 Å². The van der Waals surface area contributed by atoms with Gasteiger partial charge in [-0.3, -0.25) is 4.57 Å². The van der Waals surface area contributed by atoms with Crippen molar-refractivity contribution in [3.63, 3.8) is 0 Å². The van der Waals surface area contributed by atoms with Crippen LogP contribution in [0.3, 0.4) is 0 Å². The summed E-state index contributed by atoms with van der Waals surface area (Å²) in [6.07, 6.45) is 6.24. The largest absolute Gasteiger partial charge is 0.478 e. The summed E-state index contributed by atoms with van der Waals surface area (Å²) in [6.45, 7) is 7.68. The molecule has 4 rings (SSSR count). The SMILES string of the molecule is C=Cc1ccc2c(c1)c1cc(C=C)ccc1n2-c1ncc(C(=O)O)cn1. The molecule has 4 aromatic rings. The summed E-state index contributed by atoms with van der Waals surface area (Å²) in [5.74, 6) is -0.627. The number of carboxylic acid groups (broad SMARTS) is 1. The van der Waals surface area contributed by atoms with Gasteiger partial charge in [0.15, 0.2) is 0 Å². The Morgan fingerprint density at radius 1 is 0.923 bits per heavy atom. The van der Waals surface area contributed by atoms with E-state index in [0.717, 1.165) is 32.9 Å². The van der Waals surface area contributed by atoms with Crippen LogP contribution in [-0.4, -0.2) is 25.6 Å². The molecule has 0 aliphatic carbocycles. The molecule has 2 aromatic heterocycles. The highest BCUT2D eigenvalue weighted by atomic mass is 16.4. The number of nitrogens with zero attached hydrogens (tertiary/aromatic N) is 3. The van der Waals surface area contributed by atoms with Crippen molar-refractivity contribution in [2.75, 3.05) is 0 Å². The van der Waals surface area contributed by atoms with E-state index in [1.54, 1.807) is 12.2 Å². The van der Waals surface area contributed by atoms with Crippen molar-refractivity contribution in [1.29, 1.82) is 0 Å². The van der Waals surface area contributed by atoms with E-state index in [2.05, 4.69) is 35.3 Å². The zero-order valence-corrected chi connectivity index (χ0v) is 13.9. The van der Waals surface area contributed by atoms with Gasteiger partial charge in [0.25, 0.3) is 0 Å². The molecule has 5 heteroatoms. The predicted octanol–water partition coefficient (Wildman–Crippen LogP) is 4.56. The van der Waals surface area contributed by atoms with E-state index < -0.39 is 5.97 Å². The molecule has 0 saturated heterocycles. The minimum absolute atomic E-state index is 0.0532. The number of hydrogen-bond acceptors (Lipinski definition) is 3. The minimum Gasteiger partial charge on any atom is -0.478 e. The van der Waals surface area contributed by atoms with Gasteiger partial charge in [0, 0.05) is 23.2 Å². The molecule has 0 atom stereocenters. The van der Waals surface area contributed by atoms with Crippen LogP contribution < -0.4 is 0 Å². The van der Waals surface area contributed by atoms with Crippen LogP contribution in [0.1, 0.15) is 21.5 Å². The van der Waals surface area contributed by atoms with Crippen LogP contribution >= 0.6 is 0 Å². The average Bonchev–Trinajstić information content (AvgIpc) is 3.00. The third kappa shape index (κ3) is 2.38. The summed E-state index contributed by atoms with van der Waals surface area (Å²) in [5.41, 5.74) is 3.97. The molecule has 0 fully saturated rings. The second-order valence-corrected chi connectivity index (χ2v) is 5.87. The Bertz CT molecular complexity index is 1120. The first kappa shape index (κ1) is 15.8. The molecule has 2 heterocycles. The van der Waals surface area contributed by atoms with E-state index in [9.17, 15) is 4.79 Å². The zero-order chi connectivity index (χ0) is 18.3. The molecule has 5 nitrogen and oxygen atoms in total. The van der Waals surface area contributed by atoms with Crippen LogP contribution in [0.5, 0.6) is 0 Å². The predicted molar refractivity (Wildman–Crippen MR) is 104 cm³/mol. The first-order valence-electron chi connectivity index (χ1n) is 8.01. The van der Waals surface area contributed by atoms with Gasteiger partial charge in [0.2, 0.25) is 5.95 Å². The van der Waals surface area contributed by atoms with Crippen LogP contribution in [0, 0.1) is 0 Å². The Morgan fingerprint density at radius 2 is 1.42 bits per heavy atom. The van der Waals surface area contributed by atoms with E-state index in [0.29, 0.717) is 5.95 Å². The first-order valence-corrected chi connectivity index (χ1v) is 8.01. The number of hydrogen-bond donors (Lipinski definition) is 1. The van der Waals surface area contributed by atoms with E-state index in [-0.39, 0.29) is 5.56 Å². The van der Waals surface area contributed by atoms with Crippen molar-refractivity contribution in [3.05, 3.63) is 78.6 Å². The van der Waals surface area contributed by atoms with Crippen molar-refractivity contribution in [2.45, 2.75) is 0 Å². The number of fused-ring (bicyclic) bond motifs is 3. The Morgan fingerprint density at radius 3 is 1.85 bits per heavy atom. The van der Waals surface area contributed by atoms with Gasteiger partial charge in [0.05, 0.1) is 16.6 Å². The van der Waals surface area contributed by atoms with Gasteiger partial charge < -0.3 is 5.11 Å². The lowest BCUT2D eigenvalue weighted by atomic mass is 10.1. The van der Waals surface area contributed by atoms with E-state index in [1.165, 1.54) is 12.4 Å². The maximum absolute atomic E-state index is 11.1. The number of carbonyl (C=O) groups is 1. The molecule has 1 N–H and O–H groups in total. The van der Waals surface area contributed by atoms with Crippen LogP contribution in [0.15, 0.2) is 61.9 Å². The quantitative estimate of drug-likeness (QED) is 0.591. The molecule has 26 heavy (non-hydrogen) atoms. The molecule has 0 spiro atoms. The van der Waals surface area contributed by atoms with Crippen molar-refractivity contribution in [3.8, 4) is 5.95 Å². The van der Waals surface area contributed by atoms with Crippen molar-refractivity contribution < 1.29 is 9.90 Å². The lowest BCUT2D eigenvalue weighted by molar-refractivity contribution is 0.0696. The average molecular weight is 341 g/mol. The summed E-state index contributed by atoms with van der Waals surface area (Å²) in [4.78, 5) is 19.6. The number of aromatic nitrogens is 3. The topological polar surface area (TPSA) is 68.0 Å². The fourth-order valence-corrected chi connectivity index (χ4v) is 3.08. The molecule has 0 radical (unpaired) electrons. The Kier molecular flexibility index (Phi) is 3.62. The number of aromatic carboxylic acids is 1. The van der Waals surface area contributed by atoms with Gasteiger partial charge in [0.1, 0.15) is 0 Å². The molecule has 0 aliphatic heterocycles. The fraction of sp³-hybridized carbons (Fsp3) is 0. The molecule has 0 unspecified atom stereocenters. The third-order valence-corrected chi connectivity index (χ3v) is 4.37. The molecule has 2 aromatic carbocycles. The van der Waals surface area contributed by atoms with Crippen molar-refractivity contribution >= 4 is 39.9 Å². The van der Waals surface area contributed by atoms with Crippen LogP contribution in [-0.2, 0) is 0 Å². The highest BCUT2D eigenvalue weighted by molar-refractivity contribution is 6.10. The van der Waals surface area contributed by atoms with Crippen LogP contribution in [0.2, 0.25) is 0 Å². The number of rotatable bonds is 4. The van der Waals surface area contributed by atoms with Gasteiger partial charge in [-0.25, -0.2) is 14.8 Å². The number of carboxylic acids is 1. The van der Waals surface area contributed by atoms with Crippen LogP contribution in [0.4, 0.5) is 0 Å². The second kappa shape index (κ2) is 5.97. The lowest BCUT2D eigenvalue weighted by Gasteiger charge is -2.06. The van der Waals surface area contributed by atoms with Gasteiger partial charge in [-0.1, -0.05) is 37.4 Å². The molecule has 126 valence electrons. The molecular formula is C21H15N3O2. The molecular weight excluding hydrogens is 326 g/mol. The first-order chi connectivity index (χ1) is 12.6. The highest BCUT2D eigenvalue weighted by Crippen LogP contribution is 2.32. The summed E-state index contributed by atoms with van der Waals surface area (Å²) in [7, 11) is 0. The monoisotopic (exact) mass is 341 g/mol. The molecule has 0 amide bonds. The van der Waals surface area contributed by atoms with Crippen molar-refractivity contribution in [2.24, 2.45) is 0 Å². The third-order valence-electron chi connectivity index (χ3n) is 4.37. The van der Waals surface area contributed by atoms with Gasteiger partial charge in [-0.05, 0) is 35.4 Å². The normalized spacial score (nSPS) is 10.9. The van der Waals surface area contributed by atoms with E-state index in [4.69, 9.17) is 5.11 Å². The van der Waals surface area contributed by atoms with E-state index >= 15 is 0 Å². The summed E-state index contributed by atoms with van der Waals surface area (Å²) < 4.78 is 1.93. The van der Waals surface area contributed by atoms with Gasteiger partial charge in [-0.2, -0.15) is 0 Å². The molecule has 0 bridgehead atoms. The highest BCUT2D eigenvalue weighted by Gasteiger charge is 2.15. The number of benzene rings is 2. The smallest absolute Gasteiger partial charge is 0.338 e. The van der Waals surface area contributed by atoms with Gasteiger partial charge >= 0.3 is 5.97 Å². The Labute approximate surface area is 149 Å². The maximum atomic E-state index is 11.1. The zero-order valence-electron chi connectivity index (χ0n) is 13.9. The molecule has 0 aliphatic rings. The Balaban J connectivity index is 2.07. The maximum Gasteiger partial charge on any atom is 0.338 e.